The molecule has 1 aliphatic heterocycles. The Morgan fingerprint density at radius 1 is 1.35 bits per heavy atom. The Morgan fingerprint density at radius 3 is 2.83 bits per heavy atom. The van der Waals surface area contributed by atoms with E-state index >= 15 is 0 Å². The van der Waals surface area contributed by atoms with Crippen LogP contribution in [0.5, 0.6) is 0 Å². The molecule has 0 unspecified atom stereocenters. The second-order valence-corrected chi connectivity index (χ2v) is 6.69. The van der Waals surface area contributed by atoms with Crippen molar-refractivity contribution < 1.29 is 5.11 Å². The molecule has 1 aliphatic rings. The van der Waals surface area contributed by atoms with E-state index in [2.05, 4.69) is 40.2 Å². The molecule has 1 fully saturated rings. The molecule has 2 aromatic heterocycles. The average molecular weight is 318 g/mol. The highest BCUT2D eigenvalue weighted by Crippen LogP contribution is 2.26. The minimum absolute atomic E-state index is 0.0612. The normalized spacial score (nSPS) is 19.6. The highest BCUT2D eigenvalue weighted by Gasteiger charge is 2.26. The van der Waals surface area contributed by atoms with E-state index in [0.29, 0.717) is 17.8 Å². The molecule has 0 aromatic carbocycles. The van der Waals surface area contributed by atoms with Crippen LogP contribution in [0.2, 0.25) is 0 Å². The van der Waals surface area contributed by atoms with Gasteiger partial charge in [-0.15, -0.1) is 10.2 Å². The van der Waals surface area contributed by atoms with E-state index in [-0.39, 0.29) is 6.61 Å². The Bertz CT molecular complexity index is 647. The molecular weight excluding hydrogens is 292 g/mol. The molecule has 23 heavy (non-hydrogen) atoms. The predicted molar refractivity (Wildman–Crippen MR) is 86.8 cm³/mol. The molecule has 0 aliphatic carbocycles. The van der Waals surface area contributed by atoms with Crippen molar-refractivity contribution >= 4 is 0 Å². The average Bonchev–Trinajstić information content (AvgIpc) is 3.14. The van der Waals surface area contributed by atoms with E-state index in [4.69, 9.17) is 0 Å². The third kappa shape index (κ3) is 3.45. The van der Waals surface area contributed by atoms with Gasteiger partial charge < -0.3 is 9.67 Å². The van der Waals surface area contributed by atoms with Crippen molar-refractivity contribution in [3.05, 3.63) is 29.6 Å². The van der Waals surface area contributed by atoms with Crippen LogP contribution in [0.1, 0.15) is 55.9 Å². The van der Waals surface area contributed by atoms with E-state index in [9.17, 15) is 5.11 Å². The first kappa shape index (κ1) is 16.1. The van der Waals surface area contributed by atoms with E-state index in [0.717, 1.165) is 38.3 Å². The molecule has 7 heteroatoms. The molecule has 3 rings (SSSR count). The van der Waals surface area contributed by atoms with Gasteiger partial charge in [-0.1, -0.05) is 0 Å². The highest BCUT2D eigenvalue weighted by molar-refractivity contribution is 5.07. The molecule has 1 saturated heterocycles. The molecule has 0 radical (unpaired) electrons. The fraction of sp³-hybridized carbons (Fsp3) is 0.688. The molecule has 2 aromatic rings. The maximum absolute atomic E-state index is 9.28. The van der Waals surface area contributed by atoms with Gasteiger partial charge in [-0.3, -0.25) is 9.58 Å². The van der Waals surface area contributed by atoms with Crippen LogP contribution in [0.3, 0.4) is 0 Å². The summed E-state index contributed by atoms with van der Waals surface area (Å²) in [5.41, 5.74) is 1.26. The molecule has 126 valence electrons. The van der Waals surface area contributed by atoms with Gasteiger partial charge in [0.2, 0.25) is 0 Å². The minimum atomic E-state index is -0.0612. The summed E-state index contributed by atoms with van der Waals surface area (Å²) in [4.78, 5) is 2.46. The maximum atomic E-state index is 9.28. The first-order chi connectivity index (χ1) is 11.1. The van der Waals surface area contributed by atoms with Crippen molar-refractivity contribution in [1.82, 2.24) is 29.4 Å². The lowest BCUT2D eigenvalue weighted by Crippen LogP contribution is -2.34. The minimum Gasteiger partial charge on any atom is -0.388 e. The lowest BCUT2D eigenvalue weighted by atomic mass is 9.97. The standard InChI is InChI=1S/C16H26N6O/c1-12(2)22-9-13(7-17-22)8-21-6-4-5-14(10-21)16-19-18-15(11-23)20(16)3/h7,9,12,14,23H,4-6,8,10-11H2,1-3H3/t14-/m1/s1. The number of aromatic nitrogens is 5. The number of aliphatic hydroxyl groups excluding tert-OH is 1. The quantitative estimate of drug-likeness (QED) is 0.904. The lowest BCUT2D eigenvalue weighted by molar-refractivity contribution is 0.194. The zero-order chi connectivity index (χ0) is 16.4. The van der Waals surface area contributed by atoms with Crippen molar-refractivity contribution in [1.29, 1.82) is 0 Å². The number of aliphatic hydroxyl groups is 1. The van der Waals surface area contributed by atoms with Gasteiger partial charge in [-0.25, -0.2) is 0 Å². The van der Waals surface area contributed by atoms with Gasteiger partial charge in [0, 0.05) is 43.9 Å². The third-order valence-corrected chi connectivity index (χ3v) is 4.60. The lowest BCUT2D eigenvalue weighted by Gasteiger charge is -2.31. The number of rotatable bonds is 5. The SMILES string of the molecule is CC(C)n1cc(CN2CCC[C@@H](c3nnc(CO)n3C)C2)cn1. The molecule has 0 saturated carbocycles. The number of hydrogen-bond donors (Lipinski definition) is 1. The van der Waals surface area contributed by atoms with Gasteiger partial charge in [0.1, 0.15) is 12.4 Å². The van der Waals surface area contributed by atoms with Gasteiger partial charge in [-0.2, -0.15) is 5.10 Å². The predicted octanol–water partition coefficient (Wildman–Crippen LogP) is 1.46. The fourth-order valence-electron chi connectivity index (χ4n) is 3.28. The third-order valence-electron chi connectivity index (χ3n) is 4.60. The zero-order valence-electron chi connectivity index (χ0n) is 14.2. The first-order valence-corrected chi connectivity index (χ1v) is 8.33. The monoisotopic (exact) mass is 318 g/mol. The second kappa shape index (κ2) is 6.80. The molecule has 3 heterocycles. The van der Waals surface area contributed by atoms with Crippen molar-refractivity contribution in [2.24, 2.45) is 7.05 Å². The van der Waals surface area contributed by atoms with Crippen molar-refractivity contribution in [2.45, 2.75) is 51.8 Å². The van der Waals surface area contributed by atoms with Gasteiger partial charge in [0.25, 0.3) is 0 Å². The highest BCUT2D eigenvalue weighted by atomic mass is 16.3. The van der Waals surface area contributed by atoms with Crippen molar-refractivity contribution in [2.75, 3.05) is 13.1 Å². The molecule has 7 nitrogen and oxygen atoms in total. The number of nitrogens with zero attached hydrogens (tertiary/aromatic N) is 6. The molecule has 1 atom stereocenters. The van der Waals surface area contributed by atoms with E-state index in [1.807, 2.05) is 22.5 Å². The molecular formula is C16H26N6O. The van der Waals surface area contributed by atoms with Gasteiger partial charge in [0.15, 0.2) is 5.82 Å². The summed E-state index contributed by atoms with van der Waals surface area (Å²) in [5.74, 6) is 1.99. The van der Waals surface area contributed by atoms with Crippen LogP contribution in [0, 0.1) is 0 Å². The van der Waals surface area contributed by atoms with Crippen LogP contribution in [-0.4, -0.2) is 47.6 Å². The van der Waals surface area contributed by atoms with Crippen LogP contribution >= 0.6 is 0 Å². The Balaban J connectivity index is 1.66. The Hall–Kier alpha value is -1.73. The van der Waals surface area contributed by atoms with Crippen LogP contribution in [0.25, 0.3) is 0 Å². The molecule has 1 N–H and O–H groups in total. The van der Waals surface area contributed by atoms with Gasteiger partial charge in [0.05, 0.1) is 6.20 Å². The summed E-state index contributed by atoms with van der Waals surface area (Å²) < 4.78 is 3.94. The van der Waals surface area contributed by atoms with Crippen LogP contribution in [0.4, 0.5) is 0 Å². The summed E-state index contributed by atoms with van der Waals surface area (Å²) in [7, 11) is 1.94. The van der Waals surface area contributed by atoms with Crippen molar-refractivity contribution in [3.63, 3.8) is 0 Å². The Morgan fingerprint density at radius 2 is 2.17 bits per heavy atom. The van der Waals surface area contributed by atoms with Crippen LogP contribution < -0.4 is 0 Å². The number of piperidine rings is 1. The Kier molecular flexibility index (Phi) is 4.77. The Labute approximate surface area is 136 Å². The first-order valence-electron chi connectivity index (χ1n) is 8.33. The van der Waals surface area contributed by atoms with Gasteiger partial charge in [-0.05, 0) is 33.2 Å². The summed E-state index contributed by atoms with van der Waals surface area (Å²) in [6.07, 6.45) is 6.39. The summed E-state index contributed by atoms with van der Waals surface area (Å²) in [6.45, 7) is 7.22. The zero-order valence-corrected chi connectivity index (χ0v) is 14.2. The largest absolute Gasteiger partial charge is 0.388 e. The van der Waals surface area contributed by atoms with E-state index in [1.54, 1.807) is 0 Å². The van der Waals surface area contributed by atoms with E-state index in [1.165, 1.54) is 5.56 Å². The maximum Gasteiger partial charge on any atom is 0.158 e. The summed E-state index contributed by atoms with van der Waals surface area (Å²) in [5, 5.41) is 22.1. The number of hydrogen-bond acceptors (Lipinski definition) is 5. The molecule has 0 spiro atoms. The fourth-order valence-corrected chi connectivity index (χ4v) is 3.28. The second-order valence-electron chi connectivity index (χ2n) is 6.69. The molecule has 0 amide bonds. The van der Waals surface area contributed by atoms with E-state index < -0.39 is 0 Å². The molecule has 0 bridgehead atoms. The van der Waals surface area contributed by atoms with Crippen molar-refractivity contribution in [3.8, 4) is 0 Å². The van der Waals surface area contributed by atoms with Crippen LogP contribution in [-0.2, 0) is 20.2 Å². The van der Waals surface area contributed by atoms with Crippen LogP contribution in [0.15, 0.2) is 12.4 Å². The topological polar surface area (TPSA) is 72.0 Å². The summed E-state index contributed by atoms with van der Waals surface area (Å²) >= 11 is 0. The number of likely N-dealkylation sites (tertiary alicyclic amines) is 1. The van der Waals surface area contributed by atoms with Gasteiger partial charge >= 0.3 is 0 Å². The summed E-state index contributed by atoms with van der Waals surface area (Å²) in [6, 6.07) is 0.397. The smallest absolute Gasteiger partial charge is 0.158 e.